The SMILES string of the molecule is N#Cc1ccc2ccc(=O)n(CCN3CCC(N)C(O)C3)c2c1. The van der Waals surface area contributed by atoms with Crippen LogP contribution in [-0.2, 0) is 6.54 Å². The third-order valence-corrected chi connectivity index (χ3v) is 4.48. The number of pyridine rings is 1. The fourth-order valence-electron chi connectivity index (χ4n) is 3.05. The lowest BCUT2D eigenvalue weighted by molar-refractivity contribution is 0.0520. The van der Waals surface area contributed by atoms with Crippen molar-refractivity contribution in [1.82, 2.24) is 9.47 Å². The van der Waals surface area contributed by atoms with Gasteiger partial charge in [-0.2, -0.15) is 5.26 Å². The number of benzene rings is 1. The molecule has 0 amide bonds. The lowest BCUT2D eigenvalue weighted by Gasteiger charge is -2.34. The third-order valence-electron chi connectivity index (χ3n) is 4.48. The average Bonchev–Trinajstić information content (AvgIpc) is 2.56. The molecule has 0 bridgehead atoms. The molecule has 120 valence electrons. The summed E-state index contributed by atoms with van der Waals surface area (Å²) in [6.07, 6.45) is 0.239. The summed E-state index contributed by atoms with van der Waals surface area (Å²) in [6, 6.07) is 10.6. The molecule has 6 heteroatoms. The lowest BCUT2D eigenvalue weighted by Crippen LogP contribution is -2.51. The van der Waals surface area contributed by atoms with Gasteiger partial charge in [-0.3, -0.25) is 9.69 Å². The van der Waals surface area contributed by atoms with Gasteiger partial charge in [0.2, 0.25) is 0 Å². The number of β-amino-alcohol motifs (C(OH)–C–C–N with tert-alkyl or cyclic N) is 1. The molecule has 1 aliphatic rings. The van der Waals surface area contributed by atoms with Crippen molar-refractivity contribution in [3.05, 3.63) is 46.2 Å². The Labute approximate surface area is 134 Å². The standard InChI is InChI=1S/C17H20N4O2/c18-10-12-1-2-13-3-4-17(23)21(15(13)9-12)8-7-20-6-5-14(19)16(22)11-20/h1-4,9,14,16,22H,5-8,11,19H2. The van der Waals surface area contributed by atoms with Gasteiger partial charge in [-0.1, -0.05) is 6.07 Å². The van der Waals surface area contributed by atoms with Crippen LogP contribution in [0.2, 0.25) is 0 Å². The molecular weight excluding hydrogens is 292 g/mol. The van der Waals surface area contributed by atoms with Crippen LogP contribution >= 0.6 is 0 Å². The van der Waals surface area contributed by atoms with E-state index in [0.29, 0.717) is 25.2 Å². The van der Waals surface area contributed by atoms with E-state index in [1.54, 1.807) is 28.8 Å². The van der Waals surface area contributed by atoms with E-state index < -0.39 is 6.10 Å². The number of nitriles is 1. The lowest BCUT2D eigenvalue weighted by atomic mass is 10.0. The van der Waals surface area contributed by atoms with Crippen LogP contribution < -0.4 is 11.3 Å². The van der Waals surface area contributed by atoms with E-state index in [9.17, 15) is 9.90 Å². The average molecular weight is 312 g/mol. The highest BCUT2D eigenvalue weighted by atomic mass is 16.3. The Morgan fingerprint density at radius 3 is 2.83 bits per heavy atom. The molecule has 1 aliphatic heterocycles. The number of hydrogen-bond acceptors (Lipinski definition) is 5. The minimum Gasteiger partial charge on any atom is -0.390 e. The molecule has 2 aromatic rings. The second-order valence-corrected chi connectivity index (χ2v) is 6.03. The monoisotopic (exact) mass is 312 g/mol. The molecule has 1 fully saturated rings. The highest BCUT2D eigenvalue weighted by Gasteiger charge is 2.24. The zero-order chi connectivity index (χ0) is 16.4. The number of aliphatic hydroxyl groups excluding tert-OH is 1. The van der Waals surface area contributed by atoms with Gasteiger partial charge in [0.1, 0.15) is 0 Å². The zero-order valence-corrected chi connectivity index (χ0v) is 12.9. The van der Waals surface area contributed by atoms with Gasteiger partial charge in [0, 0.05) is 31.7 Å². The largest absolute Gasteiger partial charge is 0.390 e. The molecule has 1 aromatic heterocycles. The molecule has 2 atom stereocenters. The number of aliphatic hydroxyl groups is 1. The molecule has 0 radical (unpaired) electrons. The Bertz CT molecular complexity index is 808. The fraction of sp³-hybridized carbons (Fsp3) is 0.412. The van der Waals surface area contributed by atoms with Gasteiger partial charge in [0.25, 0.3) is 5.56 Å². The van der Waals surface area contributed by atoms with Crippen molar-refractivity contribution in [3.8, 4) is 6.07 Å². The minimum atomic E-state index is -0.516. The van der Waals surface area contributed by atoms with E-state index in [1.165, 1.54) is 0 Å². The second-order valence-electron chi connectivity index (χ2n) is 6.03. The van der Waals surface area contributed by atoms with Crippen molar-refractivity contribution in [2.45, 2.75) is 25.1 Å². The summed E-state index contributed by atoms with van der Waals surface area (Å²) < 4.78 is 1.69. The van der Waals surface area contributed by atoms with Crippen LogP contribution in [-0.4, -0.2) is 46.4 Å². The van der Waals surface area contributed by atoms with E-state index in [0.717, 1.165) is 23.9 Å². The number of rotatable bonds is 3. The van der Waals surface area contributed by atoms with E-state index in [-0.39, 0.29) is 11.6 Å². The first-order valence-electron chi connectivity index (χ1n) is 7.78. The Kier molecular flexibility index (Phi) is 4.44. The van der Waals surface area contributed by atoms with Gasteiger partial charge in [-0.15, -0.1) is 0 Å². The van der Waals surface area contributed by atoms with Gasteiger partial charge >= 0.3 is 0 Å². The first kappa shape index (κ1) is 15.7. The van der Waals surface area contributed by atoms with Crippen molar-refractivity contribution >= 4 is 10.9 Å². The summed E-state index contributed by atoms with van der Waals surface area (Å²) in [5.41, 5.74) is 7.04. The van der Waals surface area contributed by atoms with Crippen LogP contribution in [0, 0.1) is 11.3 Å². The number of nitrogens with two attached hydrogens (primary N) is 1. The van der Waals surface area contributed by atoms with Crippen LogP contribution in [0.4, 0.5) is 0 Å². The summed E-state index contributed by atoms with van der Waals surface area (Å²) >= 11 is 0. The first-order valence-corrected chi connectivity index (χ1v) is 7.78. The van der Waals surface area contributed by atoms with Crippen molar-refractivity contribution in [2.75, 3.05) is 19.6 Å². The predicted molar refractivity (Wildman–Crippen MR) is 88.0 cm³/mol. The van der Waals surface area contributed by atoms with E-state index in [2.05, 4.69) is 11.0 Å². The van der Waals surface area contributed by atoms with Crippen molar-refractivity contribution in [3.63, 3.8) is 0 Å². The zero-order valence-electron chi connectivity index (χ0n) is 12.9. The van der Waals surface area contributed by atoms with Crippen LogP contribution in [0.5, 0.6) is 0 Å². The molecule has 0 aliphatic carbocycles. The summed E-state index contributed by atoms with van der Waals surface area (Å²) in [6.45, 7) is 2.54. The number of aromatic nitrogens is 1. The molecule has 6 nitrogen and oxygen atoms in total. The fourth-order valence-corrected chi connectivity index (χ4v) is 3.05. The number of nitrogens with zero attached hydrogens (tertiary/aromatic N) is 3. The van der Waals surface area contributed by atoms with Crippen molar-refractivity contribution in [2.24, 2.45) is 5.73 Å². The highest BCUT2D eigenvalue weighted by molar-refractivity contribution is 5.80. The Morgan fingerprint density at radius 2 is 2.09 bits per heavy atom. The number of fused-ring (bicyclic) bond motifs is 1. The van der Waals surface area contributed by atoms with Crippen LogP contribution in [0.1, 0.15) is 12.0 Å². The van der Waals surface area contributed by atoms with Gasteiger partial charge in [-0.25, -0.2) is 0 Å². The Hall–Kier alpha value is -2.20. The molecule has 2 heterocycles. The maximum absolute atomic E-state index is 12.2. The maximum Gasteiger partial charge on any atom is 0.251 e. The molecule has 3 rings (SSSR count). The van der Waals surface area contributed by atoms with E-state index in [4.69, 9.17) is 11.0 Å². The Morgan fingerprint density at radius 1 is 1.30 bits per heavy atom. The quantitative estimate of drug-likeness (QED) is 0.848. The van der Waals surface area contributed by atoms with Crippen LogP contribution in [0.15, 0.2) is 35.1 Å². The third kappa shape index (κ3) is 3.27. The minimum absolute atomic E-state index is 0.0816. The number of piperidine rings is 1. The summed E-state index contributed by atoms with van der Waals surface area (Å²) in [5, 5.41) is 19.9. The van der Waals surface area contributed by atoms with Gasteiger partial charge in [-0.05, 0) is 36.6 Å². The number of likely N-dealkylation sites (tertiary alicyclic amines) is 1. The molecule has 3 N–H and O–H groups in total. The smallest absolute Gasteiger partial charge is 0.251 e. The van der Waals surface area contributed by atoms with E-state index in [1.807, 2.05) is 6.07 Å². The Balaban J connectivity index is 1.83. The topological polar surface area (TPSA) is 95.3 Å². The van der Waals surface area contributed by atoms with Crippen LogP contribution in [0.3, 0.4) is 0 Å². The molecule has 1 saturated heterocycles. The maximum atomic E-state index is 12.2. The molecule has 2 unspecified atom stereocenters. The van der Waals surface area contributed by atoms with E-state index >= 15 is 0 Å². The normalized spacial score (nSPS) is 22.1. The molecule has 23 heavy (non-hydrogen) atoms. The first-order chi connectivity index (χ1) is 11.1. The number of hydrogen-bond donors (Lipinski definition) is 2. The molecule has 0 saturated carbocycles. The van der Waals surface area contributed by atoms with Gasteiger partial charge in [0.05, 0.1) is 23.3 Å². The molecular formula is C17H20N4O2. The summed E-state index contributed by atoms with van der Waals surface area (Å²) in [7, 11) is 0. The summed E-state index contributed by atoms with van der Waals surface area (Å²) in [5.74, 6) is 0. The summed E-state index contributed by atoms with van der Waals surface area (Å²) in [4.78, 5) is 14.3. The van der Waals surface area contributed by atoms with Crippen molar-refractivity contribution in [1.29, 1.82) is 5.26 Å². The van der Waals surface area contributed by atoms with Gasteiger partial charge < -0.3 is 15.4 Å². The second kappa shape index (κ2) is 6.50. The molecule has 0 spiro atoms. The predicted octanol–water partition coefficient (Wildman–Crippen LogP) is 0.267. The highest BCUT2D eigenvalue weighted by Crippen LogP contribution is 2.15. The molecule has 1 aromatic carbocycles. The van der Waals surface area contributed by atoms with Gasteiger partial charge in [0.15, 0.2) is 0 Å². The van der Waals surface area contributed by atoms with Crippen molar-refractivity contribution < 1.29 is 5.11 Å². The van der Waals surface area contributed by atoms with Crippen LogP contribution in [0.25, 0.3) is 10.9 Å².